The number of likely N-dealkylation sites (N-methyl/N-ethyl adjacent to an activating group) is 1. The molecular formula is C27H27ClF4N4O2S. The molecule has 2 aromatic carbocycles. The van der Waals surface area contributed by atoms with Crippen LogP contribution in [0.2, 0.25) is 5.02 Å². The predicted molar refractivity (Wildman–Crippen MR) is 145 cm³/mol. The van der Waals surface area contributed by atoms with E-state index in [1.165, 1.54) is 23.0 Å². The number of fused-ring (bicyclic) bond motifs is 1. The molecule has 1 atom stereocenters. The van der Waals surface area contributed by atoms with Gasteiger partial charge in [0.1, 0.15) is 6.17 Å². The van der Waals surface area contributed by atoms with Crippen LogP contribution >= 0.6 is 23.4 Å². The van der Waals surface area contributed by atoms with Gasteiger partial charge >= 0.3 is 6.18 Å². The molecule has 0 spiro atoms. The Morgan fingerprint density at radius 2 is 1.95 bits per heavy atom. The van der Waals surface area contributed by atoms with Crippen molar-refractivity contribution < 1.29 is 27.2 Å². The Balaban J connectivity index is 1.47. The number of carbonyl (C=O) groups excluding carboxylic acids is 2. The largest absolute Gasteiger partial charge is 0.416 e. The van der Waals surface area contributed by atoms with Crippen LogP contribution in [0.1, 0.15) is 36.5 Å². The lowest BCUT2D eigenvalue weighted by Crippen LogP contribution is -2.38. The fourth-order valence-electron chi connectivity index (χ4n) is 4.38. The van der Waals surface area contributed by atoms with E-state index in [-0.39, 0.29) is 40.4 Å². The molecule has 4 rings (SSSR count). The number of benzene rings is 2. The summed E-state index contributed by atoms with van der Waals surface area (Å²) in [5, 5.41) is 4.53. The molecule has 0 bridgehead atoms. The average Bonchev–Trinajstić information content (AvgIpc) is 3.37. The first-order valence-electron chi connectivity index (χ1n) is 12.4. The van der Waals surface area contributed by atoms with E-state index < -0.39 is 23.8 Å². The zero-order chi connectivity index (χ0) is 28.3. The minimum absolute atomic E-state index is 0.00199. The minimum atomic E-state index is -4.56. The monoisotopic (exact) mass is 582 g/mol. The number of carbonyl (C=O) groups is 2. The number of thioether (sulfide) groups is 1. The van der Waals surface area contributed by atoms with Gasteiger partial charge in [-0.1, -0.05) is 37.1 Å². The van der Waals surface area contributed by atoms with E-state index in [2.05, 4.69) is 5.10 Å². The summed E-state index contributed by atoms with van der Waals surface area (Å²) in [4.78, 5) is 28.5. The Morgan fingerprint density at radius 3 is 2.67 bits per heavy atom. The summed E-state index contributed by atoms with van der Waals surface area (Å²) < 4.78 is 55.8. The lowest BCUT2D eigenvalue weighted by atomic mass is 10.1. The smallest absolute Gasteiger partial charge is 0.302 e. The lowest BCUT2D eigenvalue weighted by Gasteiger charge is -2.21. The topological polar surface area (TPSA) is 58.4 Å². The number of nitrogens with zero attached hydrogens (tertiary/aromatic N) is 4. The van der Waals surface area contributed by atoms with E-state index in [9.17, 15) is 27.2 Å². The standard InChI is InChI=1S/C27H27ClF4N4O2S/c1-3-4-21(29)16-34(2)9-10-35-25(37)24(39-26(35)38)12-17-5-8-23-19(11-17)14-33-36(23)15-18-6-7-20(28)13-22(18)27(30,31)32/h5-8,11-14,21H,3-4,9-10,15-16H2,1-2H3/b24-12-. The molecule has 0 radical (unpaired) electrons. The molecule has 0 N–H and O–H groups in total. The second kappa shape index (κ2) is 12.1. The Kier molecular flexibility index (Phi) is 9.03. The van der Waals surface area contributed by atoms with Crippen molar-refractivity contribution in [3.63, 3.8) is 0 Å². The van der Waals surface area contributed by atoms with Crippen LogP contribution in [0.15, 0.2) is 47.5 Å². The molecule has 1 aromatic heterocycles. The second-order valence-electron chi connectivity index (χ2n) is 9.40. The highest BCUT2D eigenvalue weighted by molar-refractivity contribution is 8.18. The summed E-state index contributed by atoms with van der Waals surface area (Å²) in [7, 11) is 1.75. The van der Waals surface area contributed by atoms with Gasteiger partial charge in [-0.15, -0.1) is 0 Å². The molecule has 12 heteroatoms. The van der Waals surface area contributed by atoms with E-state index in [0.29, 0.717) is 29.4 Å². The van der Waals surface area contributed by atoms with Crippen molar-refractivity contribution in [1.82, 2.24) is 19.6 Å². The number of halogens is 5. The fraction of sp³-hybridized carbons (Fsp3) is 0.370. The maximum Gasteiger partial charge on any atom is 0.416 e. The summed E-state index contributed by atoms with van der Waals surface area (Å²) in [6.07, 6.45) is -1.16. The molecule has 0 aliphatic carbocycles. The Labute approximate surface area is 232 Å². The molecule has 2 heterocycles. The molecule has 1 saturated heterocycles. The van der Waals surface area contributed by atoms with Crippen LogP contribution in [0, 0.1) is 0 Å². The van der Waals surface area contributed by atoms with Crippen molar-refractivity contribution >= 4 is 51.5 Å². The first-order chi connectivity index (χ1) is 18.5. The van der Waals surface area contributed by atoms with Crippen LogP contribution in [0.25, 0.3) is 17.0 Å². The SMILES string of the molecule is CCCC(F)CN(C)CCN1C(=O)S/C(=C\c2ccc3c(cnn3Cc3ccc(Cl)cc3C(F)(F)F)c2)C1=O. The van der Waals surface area contributed by atoms with Gasteiger partial charge in [0.15, 0.2) is 0 Å². The third-order valence-corrected chi connectivity index (χ3v) is 7.49. The number of hydrogen-bond donors (Lipinski definition) is 0. The third kappa shape index (κ3) is 7.01. The molecule has 1 fully saturated rings. The quantitative estimate of drug-likeness (QED) is 0.193. The van der Waals surface area contributed by atoms with Gasteiger partial charge in [-0.3, -0.25) is 19.2 Å². The molecule has 6 nitrogen and oxygen atoms in total. The number of amides is 2. The van der Waals surface area contributed by atoms with Crippen molar-refractivity contribution in [2.45, 2.75) is 38.7 Å². The maximum absolute atomic E-state index is 13.9. The van der Waals surface area contributed by atoms with Crippen LogP contribution in [-0.2, 0) is 17.5 Å². The Bertz CT molecular complexity index is 1410. The summed E-state index contributed by atoms with van der Waals surface area (Å²) in [5.41, 5.74) is 0.475. The van der Waals surface area contributed by atoms with Crippen molar-refractivity contribution in [3.05, 3.63) is 69.2 Å². The molecule has 208 valence electrons. The van der Waals surface area contributed by atoms with Gasteiger partial charge in [0.25, 0.3) is 11.1 Å². The predicted octanol–water partition coefficient (Wildman–Crippen LogP) is 6.86. The van der Waals surface area contributed by atoms with E-state index in [1.807, 2.05) is 6.92 Å². The normalized spacial score (nSPS) is 16.3. The van der Waals surface area contributed by atoms with E-state index in [4.69, 9.17) is 11.6 Å². The zero-order valence-electron chi connectivity index (χ0n) is 21.3. The molecule has 0 saturated carbocycles. The van der Waals surface area contributed by atoms with Crippen LogP contribution in [0.3, 0.4) is 0 Å². The number of aromatic nitrogens is 2. The number of hydrogen-bond acceptors (Lipinski definition) is 5. The fourth-order valence-corrected chi connectivity index (χ4v) is 5.42. The van der Waals surface area contributed by atoms with Crippen LogP contribution in [0.4, 0.5) is 22.4 Å². The summed E-state index contributed by atoms with van der Waals surface area (Å²) in [6, 6.07) is 8.82. The lowest BCUT2D eigenvalue weighted by molar-refractivity contribution is -0.138. The van der Waals surface area contributed by atoms with Crippen LogP contribution in [0.5, 0.6) is 0 Å². The molecular weight excluding hydrogens is 556 g/mol. The highest BCUT2D eigenvalue weighted by atomic mass is 35.5. The highest BCUT2D eigenvalue weighted by Crippen LogP contribution is 2.35. The first-order valence-corrected chi connectivity index (χ1v) is 13.5. The van der Waals surface area contributed by atoms with Gasteiger partial charge in [-0.2, -0.15) is 18.3 Å². The second-order valence-corrected chi connectivity index (χ2v) is 10.8. The Hall–Kier alpha value is -2.89. The molecule has 3 aromatic rings. The van der Waals surface area contributed by atoms with Gasteiger partial charge in [0, 0.05) is 30.0 Å². The molecule has 2 amide bonds. The van der Waals surface area contributed by atoms with Gasteiger partial charge in [-0.05, 0) is 66.7 Å². The van der Waals surface area contributed by atoms with E-state index >= 15 is 0 Å². The van der Waals surface area contributed by atoms with Crippen LogP contribution in [-0.4, -0.2) is 63.6 Å². The van der Waals surface area contributed by atoms with Crippen molar-refractivity contribution in [1.29, 1.82) is 0 Å². The zero-order valence-corrected chi connectivity index (χ0v) is 22.9. The van der Waals surface area contributed by atoms with E-state index in [0.717, 1.165) is 29.1 Å². The van der Waals surface area contributed by atoms with Crippen molar-refractivity contribution in [3.8, 4) is 0 Å². The molecule has 1 aliphatic heterocycles. The average molecular weight is 583 g/mol. The molecule has 1 unspecified atom stereocenters. The van der Waals surface area contributed by atoms with Crippen LogP contribution < -0.4 is 0 Å². The number of alkyl halides is 4. The maximum atomic E-state index is 13.9. The summed E-state index contributed by atoms with van der Waals surface area (Å²) >= 11 is 6.62. The minimum Gasteiger partial charge on any atom is -0.302 e. The number of rotatable bonds is 10. The Morgan fingerprint density at radius 1 is 1.18 bits per heavy atom. The van der Waals surface area contributed by atoms with Crippen molar-refractivity contribution in [2.75, 3.05) is 26.7 Å². The van der Waals surface area contributed by atoms with E-state index in [1.54, 1.807) is 36.2 Å². The third-order valence-electron chi connectivity index (χ3n) is 6.35. The molecule has 1 aliphatic rings. The van der Waals surface area contributed by atoms with Gasteiger partial charge in [-0.25, -0.2) is 4.39 Å². The first kappa shape index (κ1) is 29.1. The summed E-state index contributed by atoms with van der Waals surface area (Å²) in [5.74, 6) is -0.415. The summed E-state index contributed by atoms with van der Waals surface area (Å²) in [6.45, 7) is 2.57. The highest BCUT2D eigenvalue weighted by Gasteiger charge is 2.35. The van der Waals surface area contributed by atoms with Crippen molar-refractivity contribution in [2.24, 2.45) is 0 Å². The van der Waals surface area contributed by atoms with Gasteiger partial charge in [0.2, 0.25) is 0 Å². The van der Waals surface area contributed by atoms with Gasteiger partial charge < -0.3 is 4.90 Å². The van der Waals surface area contributed by atoms with Gasteiger partial charge in [0.05, 0.1) is 28.7 Å². The number of imide groups is 1. The molecule has 39 heavy (non-hydrogen) atoms.